The fourth-order valence-corrected chi connectivity index (χ4v) is 4.91. The molecule has 3 rings (SSSR count). The fourth-order valence-electron chi connectivity index (χ4n) is 4.91. The van der Waals surface area contributed by atoms with Gasteiger partial charge in [0.15, 0.2) is 0 Å². The van der Waals surface area contributed by atoms with Crippen LogP contribution in [0.25, 0.3) is 10.9 Å². The van der Waals surface area contributed by atoms with Crippen LogP contribution in [-0.2, 0) is 25.6 Å². The summed E-state index contributed by atoms with van der Waals surface area (Å²) in [5, 5.41) is 15.9. The highest BCUT2D eigenvalue weighted by molar-refractivity contribution is 5.95. The summed E-state index contributed by atoms with van der Waals surface area (Å²) < 4.78 is 0. The van der Waals surface area contributed by atoms with E-state index in [9.17, 15) is 24.3 Å². The summed E-state index contributed by atoms with van der Waals surface area (Å²) in [5.74, 6) is -2.85. The maximum Gasteiger partial charge on any atom is 0.326 e. The molecule has 11 nitrogen and oxygen atoms in total. The molecule has 4 unspecified atom stereocenters. The van der Waals surface area contributed by atoms with E-state index in [-0.39, 0.29) is 18.2 Å². The summed E-state index contributed by atoms with van der Waals surface area (Å²) in [5.41, 5.74) is 13.3. The molecule has 38 heavy (non-hydrogen) atoms. The third-order valence-electron chi connectivity index (χ3n) is 7.09. The molecule has 11 heteroatoms. The minimum Gasteiger partial charge on any atom is -0.480 e. The van der Waals surface area contributed by atoms with Gasteiger partial charge in [0.2, 0.25) is 17.7 Å². The summed E-state index contributed by atoms with van der Waals surface area (Å²) in [7, 11) is 0. The number of unbranched alkanes of at least 4 members (excludes halogenated alkanes) is 1. The smallest absolute Gasteiger partial charge is 0.326 e. The van der Waals surface area contributed by atoms with Gasteiger partial charge in [0.05, 0.1) is 6.04 Å². The number of aromatic nitrogens is 1. The Morgan fingerprint density at radius 1 is 1.16 bits per heavy atom. The van der Waals surface area contributed by atoms with E-state index < -0.39 is 42.0 Å². The molecule has 3 amide bonds. The van der Waals surface area contributed by atoms with E-state index in [4.69, 9.17) is 11.5 Å². The molecule has 8 N–H and O–H groups in total. The molecule has 208 valence electrons. The standard InChI is InChI=1S/C27H40N6O5/c1-16(2)23(27(37)38)32-24(34)21(14-17-15-30-20-10-4-3-8-18(17)20)31-25(35)22-11-7-13-33(22)26(36)19(29)9-5-6-12-28/h3-4,8,10,15-16,19,21-23,30H,5-7,9,11-14,28-29H2,1-2H3,(H,31,35)(H,32,34)(H,37,38). The number of aliphatic carboxylic acids is 1. The Morgan fingerprint density at radius 3 is 2.58 bits per heavy atom. The lowest BCUT2D eigenvalue weighted by Gasteiger charge is -2.29. The Bertz CT molecular complexity index is 1130. The molecule has 1 aliphatic rings. The number of nitrogens with one attached hydrogen (secondary N) is 3. The molecular weight excluding hydrogens is 488 g/mol. The lowest BCUT2D eigenvalue weighted by molar-refractivity contribution is -0.144. The van der Waals surface area contributed by atoms with E-state index in [2.05, 4.69) is 15.6 Å². The van der Waals surface area contributed by atoms with Crippen LogP contribution in [0.15, 0.2) is 30.5 Å². The van der Waals surface area contributed by atoms with Crippen molar-refractivity contribution in [3.8, 4) is 0 Å². The second kappa shape index (κ2) is 13.4. The molecule has 0 aliphatic carbocycles. The minimum atomic E-state index is -1.15. The lowest BCUT2D eigenvalue weighted by Crippen LogP contribution is -2.57. The molecule has 1 fully saturated rings. The topological polar surface area (TPSA) is 184 Å². The summed E-state index contributed by atoms with van der Waals surface area (Å²) in [4.78, 5) is 56.2. The van der Waals surface area contributed by atoms with E-state index >= 15 is 0 Å². The van der Waals surface area contributed by atoms with Crippen molar-refractivity contribution in [3.63, 3.8) is 0 Å². The highest BCUT2D eigenvalue weighted by atomic mass is 16.4. The molecule has 4 atom stereocenters. The van der Waals surface area contributed by atoms with Gasteiger partial charge in [-0.25, -0.2) is 4.79 Å². The first-order chi connectivity index (χ1) is 18.1. The monoisotopic (exact) mass is 528 g/mol. The Morgan fingerprint density at radius 2 is 1.89 bits per heavy atom. The van der Waals surface area contributed by atoms with Crippen LogP contribution >= 0.6 is 0 Å². The van der Waals surface area contributed by atoms with Gasteiger partial charge in [-0.3, -0.25) is 14.4 Å². The SMILES string of the molecule is CC(C)C(NC(=O)C(Cc1c[nH]c2ccccc12)NC(=O)C1CCCN1C(=O)C(N)CCCCN)C(=O)O. The van der Waals surface area contributed by atoms with Gasteiger partial charge in [-0.1, -0.05) is 38.5 Å². The van der Waals surface area contributed by atoms with Crippen molar-refractivity contribution < 1.29 is 24.3 Å². The largest absolute Gasteiger partial charge is 0.480 e. The van der Waals surface area contributed by atoms with Gasteiger partial charge in [0.1, 0.15) is 18.1 Å². The number of benzene rings is 1. The summed E-state index contributed by atoms with van der Waals surface area (Å²) >= 11 is 0. The van der Waals surface area contributed by atoms with Gasteiger partial charge in [-0.15, -0.1) is 0 Å². The number of para-hydroxylation sites is 1. The summed E-state index contributed by atoms with van der Waals surface area (Å²) in [6, 6.07) is 3.97. The average Bonchev–Trinajstić information content (AvgIpc) is 3.53. The molecule has 0 spiro atoms. The molecule has 2 heterocycles. The molecule has 1 aromatic heterocycles. The number of nitrogens with zero attached hydrogens (tertiary/aromatic N) is 1. The van der Waals surface area contributed by atoms with E-state index in [0.717, 1.165) is 29.3 Å². The predicted octanol–water partition coefficient (Wildman–Crippen LogP) is 0.868. The minimum absolute atomic E-state index is 0.144. The van der Waals surface area contributed by atoms with Crippen molar-refractivity contribution in [2.45, 2.75) is 76.5 Å². The molecule has 2 aromatic rings. The fraction of sp³-hybridized carbons (Fsp3) is 0.556. The second-order valence-electron chi connectivity index (χ2n) is 10.3. The molecule has 0 bridgehead atoms. The predicted molar refractivity (Wildman–Crippen MR) is 144 cm³/mol. The third-order valence-corrected chi connectivity index (χ3v) is 7.09. The number of aromatic amines is 1. The normalized spacial score (nSPS) is 17.8. The lowest BCUT2D eigenvalue weighted by atomic mass is 10.0. The second-order valence-corrected chi connectivity index (χ2v) is 10.3. The van der Waals surface area contributed by atoms with Gasteiger partial charge >= 0.3 is 5.97 Å². The molecule has 1 saturated heterocycles. The number of likely N-dealkylation sites (tertiary alicyclic amines) is 1. The Labute approximate surface area is 222 Å². The zero-order valence-electron chi connectivity index (χ0n) is 22.1. The van der Waals surface area contributed by atoms with E-state index in [1.807, 2.05) is 24.3 Å². The van der Waals surface area contributed by atoms with Crippen molar-refractivity contribution in [1.29, 1.82) is 0 Å². The van der Waals surface area contributed by atoms with Crippen LogP contribution < -0.4 is 22.1 Å². The van der Waals surface area contributed by atoms with Crippen LogP contribution in [0.5, 0.6) is 0 Å². The first-order valence-corrected chi connectivity index (χ1v) is 13.3. The number of fused-ring (bicyclic) bond motifs is 1. The van der Waals surface area contributed by atoms with Gasteiger partial charge in [-0.05, 0) is 49.8 Å². The van der Waals surface area contributed by atoms with Gasteiger partial charge < -0.3 is 37.1 Å². The number of amides is 3. The van der Waals surface area contributed by atoms with Gasteiger partial charge in [0, 0.05) is 30.1 Å². The first kappa shape index (κ1) is 29.1. The number of hydrogen-bond acceptors (Lipinski definition) is 6. The van der Waals surface area contributed by atoms with Crippen molar-refractivity contribution >= 4 is 34.6 Å². The van der Waals surface area contributed by atoms with E-state index in [1.165, 1.54) is 4.90 Å². The van der Waals surface area contributed by atoms with Crippen LogP contribution in [0.2, 0.25) is 0 Å². The Balaban J connectivity index is 1.79. The van der Waals surface area contributed by atoms with Gasteiger partial charge in [-0.2, -0.15) is 0 Å². The number of H-pyrrole nitrogens is 1. The van der Waals surface area contributed by atoms with E-state index in [1.54, 1.807) is 20.0 Å². The number of carbonyl (C=O) groups is 4. The maximum atomic E-state index is 13.4. The third kappa shape index (κ3) is 7.11. The van der Waals surface area contributed by atoms with Crippen LogP contribution in [-0.4, -0.2) is 75.9 Å². The zero-order chi connectivity index (χ0) is 27.8. The molecule has 1 aliphatic heterocycles. The first-order valence-electron chi connectivity index (χ1n) is 13.3. The Hall–Kier alpha value is -3.44. The Kier molecular flexibility index (Phi) is 10.3. The van der Waals surface area contributed by atoms with E-state index in [0.29, 0.717) is 32.4 Å². The number of carboxylic acids is 1. The molecule has 0 radical (unpaired) electrons. The highest BCUT2D eigenvalue weighted by Gasteiger charge is 2.38. The maximum absolute atomic E-state index is 13.4. The molecule has 0 saturated carbocycles. The van der Waals surface area contributed by atoms with Crippen molar-refractivity contribution in [2.24, 2.45) is 17.4 Å². The van der Waals surface area contributed by atoms with Crippen molar-refractivity contribution in [3.05, 3.63) is 36.0 Å². The average molecular weight is 529 g/mol. The number of nitrogens with two attached hydrogens (primary N) is 2. The van der Waals surface area contributed by atoms with Crippen LogP contribution in [0.3, 0.4) is 0 Å². The van der Waals surface area contributed by atoms with Crippen molar-refractivity contribution in [1.82, 2.24) is 20.5 Å². The van der Waals surface area contributed by atoms with Gasteiger partial charge in [0.25, 0.3) is 0 Å². The van der Waals surface area contributed by atoms with Crippen LogP contribution in [0.4, 0.5) is 0 Å². The highest BCUT2D eigenvalue weighted by Crippen LogP contribution is 2.22. The number of carbonyl (C=O) groups excluding carboxylic acids is 3. The zero-order valence-corrected chi connectivity index (χ0v) is 22.1. The van der Waals surface area contributed by atoms with Crippen molar-refractivity contribution in [2.75, 3.05) is 13.1 Å². The summed E-state index contributed by atoms with van der Waals surface area (Å²) in [6.07, 6.45) is 5.00. The van der Waals surface area contributed by atoms with Crippen LogP contribution in [0, 0.1) is 5.92 Å². The quantitative estimate of drug-likeness (QED) is 0.208. The van der Waals surface area contributed by atoms with Crippen LogP contribution in [0.1, 0.15) is 51.5 Å². The molecular formula is C27H40N6O5. The summed E-state index contributed by atoms with van der Waals surface area (Å²) in [6.45, 7) is 4.33. The number of carboxylic acid groups (broad SMARTS) is 1. The molecule has 1 aromatic carbocycles. The number of hydrogen-bond donors (Lipinski definition) is 6. The number of rotatable bonds is 13.